The van der Waals surface area contributed by atoms with Gasteiger partial charge < -0.3 is 9.64 Å². The van der Waals surface area contributed by atoms with Crippen LogP contribution in [0.5, 0.6) is 0 Å². The maximum atomic E-state index is 11.5. The molecular weight excluding hydrogens is 194 g/mol. The smallest absolute Gasteiger partial charge is 0.410 e. The van der Waals surface area contributed by atoms with Gasteiger partial charge in [-0.05, 0) is 12.3 Å². The summed E-state index contributed by atoms with van der Waals surface area (Å²) in [5.41, 5.74) is 0.655. The minimum Gasteiger partial charge on any atom is -0.449 e. The minimum atomic E-state index is -0.323. The van der Waals surface area contributed by atoms with Crippen molar-refractivity contribution in [1.29, 1.82) is 0 Å². The van der Waals surface area contributed by atoms with E-state index in [1.807, 2.05) is 19.9 Å². The molecule has 4 heteroatoms. The molecule has 0 bridgehead atoms. The summed E-state index contributed by atoms with van der Waals surface area (Å²) in [7, 11) is 0. The molecule has 15 heavy (non-hydrogen) atoms. The molecular formula is C11H17NO3. The van der Waals surface area contributed by atoms with E-state index in [-0.39, 0.29) is 6.09 Å². The molecule has 1 heterocycles. The molecule has 1 aliphatic heterocycles. The Morgan fingerprint density at radius 3 is 3.00 bits per heavy atom. The van der Waals surface area contributed by atoms with Crippen LogP contribution < -0.4 is 0 Å². The lowest BCUT2D eigenvalue weighted by Gasteiger charge is -2.25. The first-order valence-corrected chi connectivity index (χ1v) is 5.19. The van der Waals surface area contributed by atoms with Gasteiger partial charge >= 0.3 is 6.09 Å². The third-order valence-corrected chi connectivity index (χ3v) is 2.13. The zero-order chi connectivity index (χ0) is 11.3. The molecule has 0 aromatic carbocycles. The van der Waals surface area contributed by atoms with Crippen molar-refractivity contribution in [3.8, 4) is 0 Å². The second kappa shape index (κ2) is 5.53. The molecule has 0 radical (unpaired) electrons. The molecule has 0 spiro atoms. The van der Waals surface area contributed by atoms with Gasteiger partial charge in [0.25, 0.3) is 0 Å². The molecule has 1 rings (SSSR count). The first-order chi connectivity index (χ1) is 7.13. The number of hydrogen-bond donors (Lipinski definition) is 0. The number of nitrogens with zero attached hydrogens (tertiary/aromatic N) is 1. The van der Waals surface area contributed by atoms with Gasteiger partial charge in [0.05, 0.1) is 13.2 Å². The number of hydrogen-bond acceptors (Lipinski definition) is 3. The molecule has 1 amide bonds. The molecule has 0 aromatic rings. The predicted molar refractivity (Wildman–Crippen MR) is 56.5 cm³/mol. The molecule has 0 aromatic heterocycles. The van der Waals surface area contributed by atoms with Crippen LogP contribution in [0.2, 0.25) is 0 Å². The molecule has 1 aliphatic rings. The highest BCUT2D eigenvalue weighted by molar-refractivity contribution is 5.77. The second-order valence-electron chi connectivity index (χ2n) is 4.08. The van der Waals surface area contributed by atoms with Crippen LogP contribution in [-0.2, 0) is 9.53 Å². The Labute approximate surface area is 89.9 Å². The topological polar surface area (TPSA) is 46.6 Å². The number of carbonyl (C=O) groups is 2. The summed E-state index contributed by atoms with van der Waals surface area (Å²) in [5, 5.41) is 0. The number of amides is 1. The Bertz CT molecular complexity index is 271. The summed E-state index contributed by atoms with van der Waals surface area (Å²) < 4.78 is 5.08. The van der Waals surface area contributed by atoms with Gasteiger partial charge in [0, 0.05) is 12.1 Å². The molecule has 0 saturated heterocycles. The highest BCUT2D eigenvalue weighted by Gasteiger charge is 2.19. The average Bonchev–Trinajstić information content (AvgIpc) is 2.26. The highest BCUT2D eigenvalue weighted by Crippen LogP contribution is 2.09. The van der Waals surface area contributed by atoms with E-state index in [4.69, 9.17) is 4.74 Å². The minimum absolute atomic E-state index is 0.323. The van der Waals surface area contributed by atoms with Crippen molar-refractivity contribution in [2.24, 2.45) is 5.92 Å². The van der Waals surface area contributed by atoms with Gasteiger partial charge in [-0.1, -0.05) is 19.9 Å². The van der Waals surface area contributed by atoms with Crippen molar-refractivity contribution in [3.63, 3.8) is 0 Å². The normalized spacial score (nSPS) is 16.2. The molecule has 84 valence electrons. The Morgan fingerprint density at radius 2 is 2.40 bits per heavy atom. The number of aldehydes is 1. The van der Waals surface area contributed by atoms with E-state index < -0.39 is 0 Å². The third kappa shape index (κ3) is 3.73. The van der Waals surface area contributed by atoms with Crippen LogP contribution in [-0.4, -0.2) is 37.0 Å². The lowest BCUT2D eigenvalue weighted by atomic mass is 10.1. The third-order valence-electron chi connectivity index (χ3n) is 2.13. The van der Waals surface area contributed by atoms with E-state index in [9.17, 15) is 9.59 Å². The van der Waals surface area contributed by atoms with Gasteiger partial charge in [-0.2, -0.15) is 0 Å². The Morgan fingerprint density at radius 1 is 1.67 bits per heavy atom. The predicted octanol–water partition coefficient (Wildman–Crippen LogP) is 1.61. The number of ether oxygens (including phenoxy) is 1. The van der Waals surface area contributed by atoms with Crippen molar-refractivity contribution >= 4 is 12.4 Å². The molecule has 0 fully saturated rings. The fourth-order valence-electron chi connectivity index (χ4n) is 1.34. The first-order valence-electron chi connectivity index (χ1n) is 5.19. The van der Waals surface area contributed by atoms with Crippen LogP contribution in [0.1, 0.15) is 20.3 Å². The van der Waals surface area contributed by atoms with Gasteiger partial charge in [0.2, 0.25) is 0 Å². The van der Waals surface area contributed by atoms with Gasteiger partial charge in [0.1, 0.15) is 6.29 Å². The largest absolute Gasteiger partial charge is 0.449 e. The molecule has 0 unspecified atom stereocenters. The SMILES string of the molecule is CC(C)COC(=O)N1CCC=C(C=O)C1. The maximum Gasteiger partial charge on any atom is 0.410 e. The average molecular weight is 211 g/mol. The fraction of sp³-hybridized carbons (Fsp3) is 0.636. The van der Waals surface area contributed by atoms with Gasteiger partial charge in [-0.3, -0.25) is 4.79 Å². The lowest BCUT2D eigenvalue weighted by Crippen LogP contribution is -2.37. The quantitative estimate of drug-likeness (QED) is 0.666. The summed E-state index contributed by atoms with van der Waals surface area (Å²) >= 11 is 0. The summed E-state index contributed by atoms with van der Waals surface area (Å²) in [5.74, 6) is 0.333. The van der Waals surface area contributed by atoms with Crippen LogP contribution in [0.3, 0.4) is 0 Å². The molecule has 0 N–H and O–H groups in total. The van der Waals surface area contributed by atoms with Crippen molar-refractivity contribution < 1.29 is 14.3 Å². The van der Waals surface area contributed by atoms with Gasteiger partial charge in [-0.15, -0.1) is 0 Å². The summed E-state index contributed by atoms with van der Waals surface area (Å²) in [4.78, 5) is 23.6. The monoisotopic (exact) mass is 211 g/mol. The summed E-state index contributed by atoms with van der Waals surface area (Å²) in [6.07, 6.45) is 3.06. The van der Waals surface area contributed by atoms with Crippen molar-refractivity contribution in [2.45, 2.75) is 20.3 Å². The van der Waals surface area contributed by atoms with E-state index in [0.717, 1.165) is 12.7 Å². The van der Waals surface area contributed by atoms with Crippen LogP contribution in [0, 0.1) is 5.92 Å². The Balaban J connectivity index is 2.41. The Kier molecular flexibility index (Phi) is 4.34. The molecule has 4 nitrogen and oxygen atoms in total. The van der Waals surface area contributed by atoms with Crippen molar-refractivity contribution in [2.75, 3.05) is 19.7 Å². The zero-order valence-corrected chi connectivity index (χ0v) is 9.23. The van der Waals surface area contributed by atoms with Crippen molar-refractivity contribution in [3.05, 3.63) is 11.6 Å². The van der Waals surface area contributed by atoms with Crippen LogP contribution in [0.25, 0.3) is 0 Å². The highest BCUT2D eigenvalue weighted by atomic mass is 16.6. The molecule has 0 atom stereocenters. The van der Waals surface area contributed by atoms with E-state index in [2.05, 4.69) is 0 Å². The Hall–Kier alpha value is -1.32. The van der Waals surface area contributed by atoms with E-state index in [1.54, 1.807) is 4.90 Å². The number of carbonyl (C=O) groups excluding carboxylic acids is 2. The van der Waals surface area contributed by atoms with Crippen LogP contribution >= 0.6 is 0 Å². The molecule has 0 aliphatic carbocycles. The van der Waals surface area contributed by atoms with Gasteiger partial charge in [-0.25, -0.2) is 4.79 Å². The maximum absolute atomic E-state index is 11.5. The lowest BCUT2D eigenvalue weighted by molar-refractivity contribution is -0.105. The van der Waals surface area contributed by atoms with Gasteiger partial charge in [0.15, 0.2) is 0 Å². The van der Waals surface area contributed by atoms with E-state index in [0.29, 0.717) is 31.2 Å². The standard InChI is InChI=1S/C11H17NO3/c1-9(2)8-15-11(14)12-5-3-4-10(6-12)7-13/h4,7,9H,3,5-6,8H2,1-2H3. The summed E-state index contributed by atoms with van der Waals surface area (Å²) in [6.45, 7) is 5.41. The van der Waals surface area contributed by atoms with Crippen LogP contribution in [0.15, 0.2) is 11.6 Å². The first kappa shape index (κ1) is 11.8. The summed E-state index contributed by atoms with van der Waals surface area (Å²) in [6, 6.07) is 0. The second-order valence-corrected chi connectivity index (χ2v) is 4.08. The van der Waals surface area contributed by atoms with E-state index in [1.165, 1.54) is 0 Å². The van der Waals surface area contributed by atoms with Crippen LogP contribution in [0.4, 0.5) is 4.79 Å². The van der Waals surface area contributed by atoms with Crippen molar-refractivity contribution in [1.82, 2.24) is 4.90 Å². The molecule has 0 saturated carbocycles. The fourth-order valence-corrected chi connectivity index (χ4v) is 1.34. The number of rotatable bonds is 3. The van der Waals surface area contributed by atoms with E-state index >= 15 is 0 Å². The zero-order valence-electron chi connectivity index (χ0n) is 9.23.